The van der Waals surface area contributed by atoms with Gasteiger partial charge in [-0.15, -0.1) is 0 Å². The van der Waals surface area contributed by atoms with E-state index in [0.717, 1.165) is 29.5 Å². The highest BCUT2D eigenvalue weighted by Gasteiger charge is 2.51. The number of carbonyl (C=O) groups excluding carboxylic acids is 3. The van der Waals surface area contributed by atoms with Gasteiger partial charge in [0, 0.05) is 28.9 Å². The lowest BCUT2D eigenvalue weighted by Gasteiger charge is -2.44. The molecule has 1 fully saturated rings. The maximum atomic E-state index is 13.1. The molecule has 3 amide bonds. The average Bonchev–Trinajstić information content (AvgIpc) is 3.29. The van der Waals surface area contributed by atoms with Gasteiger partial charge in [-0.1, -0.05) is 39.8 Å². The quantitative estimate of drug-likeness (QED) is 0.728. The molecule has 7 heteroatoms. The first kappa shape index (κ1) is 22.6. The topological polar surface area (TPSA) is 91.4 Å². The lowest BCUT2D eigenvalue weighted by atomic mass is 9.78. The summed E-state index contributed by atoms with van der Waals surface area (Å²) in [6, 6.07) is 9.74. The number of fused-ring (bicyclic) bond motifs is 3. The molecule has 0 unspecified atom stereocenters. The van der Waals surface area contributed by atoms with Gasteiger partial charge in [0.05, 0.1) is 5.41 Å². The van der Waals surface area contributed by atoms with Crippen molar-refractivity contribution in [2.24, 2.45) is 11.3 Å². The van der Waals surface area contributed by atoms with Crippen LogP contribution in [-0.2, 0) is 32.6 Å². The molecule has 2 aromatic rings. The Labute approximate surface area is 200 Å². The van der Waals surface area contributed by atoms with E-state index in [2.05, 4.69) is 29.5 Å². The van der Waals surface area contributed by atoms with Gasteiger partial charge in [0.2, 0.25) is 17.7 Å². The number of amides is 3. The Morgan fingerprint density at radius 1 is 1.21 bits per heavy atom. The second-order valence-electron chi connectivity index (χ2n) is 11.0. The summed E-state index contributed by atoms with van der Waals surface area (Å²) in [5, 5.41) is 5.91. The van der Waals surface area contributed by atoms with Crippen LogP contribution in [0.2, 0.25) is 0 Å². The number of nitrogens with one attached hydrogen (secondary N) is 2. The zero-order valence-electron chi connectivity index (χ0n) is 20.3. The van der Waals surface area contributed by atoms with Gasteiger partial charge in [0.25, 0.3) is 0 Å². The first-order valence-electron chi connectivity index (χ1n) is 12.1. The second-order valence-corrected chi connectivity index (χ2v) is 11.0. The largest absolute Gasteiger partial charge is 0.330 e. The van der Waals surface area contributed by atoms with Gasteiger partial charge in [0.1, 0.15) is 12.4 Å². The standard InChI is InChI=1S/C27H32N4O3/c1-16(2)21-9-10-26(3,4)25(34)31(21)15-22(32)29-19-8-7-17-13-27(14-18(17)12-19)20-6-5-11-28-23(20)30-24(27)33/h5-8,11-12,16,21H,9-10,13-15H2,1-4H3,(H,29,32)(H,28,30,33)/t21-,27+/m0/s1. The highest BCUT2D eigenvalue weighted by Crippen LogP contribution is 2.47. The van der Waals surface area contributed by atoms with Gasteiger partial charge in [-0.05, 0) is 60.9 Å². The predicted octanol–water partition coefficient (Wildman–Crippen LogP) is 3.68. The van der Waals surface area contributed by atoms with Crippen molar-refractivity contribution < 1.29 is 14.4 Å². The monoisotopic (exact) mass is 460 g/mol. The summed E-state index contributed by atoms with van der Waals surface area (Å²) in [6.45, 7) is 8.17. The molecule has 3 heterocycles. The number of anilines is 2. The van der Waals surface area contributed by atoms with Crippen LogP contribution in [0.5, 0.6) is 0 Å². The minimum Gasteiger partial charge on any atom is -0.330 e. The number of aromatic nitrogens is 1. The maximum absolute atomic E-state index is 13.1. The summed E-state index contributed by atoms with van der Waals surface area (Å²) < 4.78 is 0. The number of likely N-dealkylation sites (tertiary alicyclic amines) is 1. The molecular formula is C27H32N4O3. The summed E-state index contributed by atoms with van der Waals surface area (Å²) in [7, 11) is 0. The summed E-state index contributed by atoms with van der Waals surface area (Å²) >= 11 is 0. The van der Waals surface area contributed by atoms with Crippen molar-refractivity contribution in [3.8, 4) is 0 Å². The van der Waals surface area contributed by atoms with E-state index in [-0.39, 0.29) is 30.3 Å². The van der Waals surface area contributed by atoms with Crippen molar-refractivity contribution in [2.45, 2.75) is 64.8 Å². The molecule has 0 radical (unpaired) electrons. The van der Waals surface area contributed by atoms with E-state index in [1.165, 1.54) is 0 Å². The molecule has 7 nitrogen and oxygen atoms in total. The molecule has 34 heavy (non-hydrogen) atoms. The van der Waals surface area contributed by atoms with Crippen LogP contribution >= 0.6 is 0 Å². The lowest BCUT2D eigenvalue weighted by molar-refractivity contribution is -0.151. The molecule has 2 N–H and O–H groups in total. The first-order chi connectivity index (χ1) is 16.1. The van der Waals surface area contributed by atoms with E-state index < -0.39 is 10.8 Å². The SMILES string of the molecule is CC(C)[C@@H]1CCC(C)(C)C(=O)N1CC(=O)Nc1ccc2c(c1)C[C@@]1(C2)C(=O)Nc2ncccc21. The summed E-state index contributed by atoms with van der Waals surface area (Å²) in [4.78, 5) is 45.1. The fraction of sp³-hybridized carbons (Fsp3) is 0.481. The van der Waals surface area contributed by atoms with Crippen LogP contribution in [0, 0.1) is 11.3 Å². The highest BCUT2D eigenvalue weighted by atomic mass is 16.2. The van der Waals surface area contributed by atoms with Gasteiger partial charge >= 0.3 is 0 Å². The number of nitrogens with zero attached hydrogens (tertiary/aromatic N) is 2. The Morgan fingerprint density at radius 3 is 2.74 bits per heavy atom. The van der Waals surface area contributed by atoms with E-state index in [9.17, 15) is 14.4 Å². The van der Waals surface area contributed by atoms with Crippen LogP contribution < -0.4 is 10.6 Å². The van der Waals surface area contributed by atoms with Crippen molar-refractivity contribution in [1.29, 1.82) is 0 Å². The van der Waals surface area contributed by atoms with Gasteiger partial charge in [0.15, 0.2) is 0 Å². The van der Waals surface area contributed by atoms with Crippen LogP contribution in [0.15, 0.2) is 36.5 Å². The number of rotatable bonds is 4. The molecule has 1 aromatic heterocycles. The number of hydrogen-bond donors (Lipinski definition) is 2. The molecule has 1 aromatic carbocycles. The van der Waals surface area contributed by atoms with Crippen molar-refractivity contribution in [2.75, 3.05) is 17.2 Å². The number of benzene rings is 1. The molecule has 0 saturated carbocycles. The Hall–Kier alpha value is -3.22. The Balaban J connectivity index is 1.32. The zero-order valence-corrected chi connectivity index (χ0v) is 20.3. The second kappa shape index (κ2) is 7.93. The molecule has 178 valence electrons. The molecule has 5 rings (SSSR count). The smallest absolute Gasteiger partial charge is 0.244 e. The van der Waals surface area contributed by atoms with Crippen LogP contribution in [-0.4, -0.2) is 40.2 Å². The zero-order chi connectivity index (χ0) is 24.3. The Bertz CT molecular complexity index is 1190. The average molecular weight is 461 g/mol. The van der Waals surface area contributed by atoms with E-state index in [1.54, 1.807) is 11.1 Å². The van der Waals surface area contributed by atoms with E-state index in [1.807, 2.05) is 44.2 Å². The molecular weight excluding hydrogens is 428 g/mol. The van der Waals surface area contributed by atoms with Crippen LogP contribution in [0.4, 0.5) is 11.5 Å². The first-order valence-corrected chi connectivity index (χ1v) is 12.1. The minimum absolute atomic E-state index is 0.0195. The Kier molecular flexibility index (Phi) is 5.26. The molecule has 2 atom stereocenters. The van der Waals surface area contributed by atoms with Crippen molar-refractivity contribution in [3.05, 3.63) is 53.2 Å². The summed E-state index contributed by atoms with van der Waals surface area (Å²) in [5.74, 6) is 0.760. The van der Waals surface area contributed by atoms with Gasteiger partial charge in [-0.25, -0.2) is 4.98 Å². The van der Waals surface area contributed by atoms with Crippen LogP contribution in [0.3, 0.4) is 0 Å². The van der Waals surface area contributed by atoms with Crippen molar-refractivity contribution in [1.82, 2.24) is 9.88 Å². The van der Waals surface area contributed by atoms with Gasteiger partial charge < -0.3 is 15.5 Å². The number of carbonyl (C=O) groups is 3. The predicted molar refractivity (Wildman–Crippen MR) is 130 cm³/mol. The fourth-order valence-electron chi connectivity index (χ4n) is 5.89. The minimum atomic E-state index is -0.634. The van der Waals surface area contributed by atoms with E-state index in [4.69, 9.17) is 0 Å². The summed E-state index contributed by atoms with van der Waals surface area (Å²) in [5.41, 5.74) is 2.71. The molecule has 1 saturated heterocycles. The molecule has 2 aliphatic heterocycles. The third-order valence-corrected chi connectivity index (χ3v) is 7.85. The third-order valence-electron chi connectivity index (χ3n) is 7.85. The van der Waals surface area contributed by atoms with Crippen molar-refractivity contribution >= 4 is 29.2 Å². The highest BCUT2D eigenvalue weighted by molar-refractivity contribution is 6.06. The molecule has 0 bridgehead atoms. The number of piperidine rings is 1. The fourth-order valence-corrected chi connectivity index (χ4v) is 5.89. The lowest BCUT2D eigenvalue weighted by Crippen LogP contribution is -2.55. The van der Waals surface area contributed by atoms with Crippen LogP contribution in [0.25, 0.3) is 0 Å². The molecule has 1 aliphatic carbocycles. The number of pyridine rings is 1. The Morgan fingerprint density at radius 2 is 1.97 bits per heavy atom. The van der Waals surface area contributed by atoms with Crippen LogP contribution in [0.1, 0.15) is 57.2 Å². The molecule has 3 aliphatic rings. The number of hydrogen-bond acceptors (Lipinski definition) is 4. The van der Waals surface area contributed by atoms with E-state index >= 15 is 0 Å². The van der Waals surface area contributed by atoms with Gasteiger partial charge in [-0.3, -0.25) is 14.4 Å². The van der Waals surface area contributed by atoms with Crippen molar-refractivity contribution in [3.63, 3.8) is 0 Å². The third kappa shape index (κ3) is 3.58. The maximum Gasteiger partial charge on any atom is 0.244 e. The van der Waals surface area contributed by atoms with E-state index in [0.29, 0.717) is 30.3 Å². The van der Waals surface area contributed by atoms with Gasteiger partial charge in [-0.2, -0.15) is 0 Å². The molecule has 1 spiro atoms. The normalized spacial score (nSPS) is 24.9. The summed E-state index contributed by atoms with van der Waals surface area (Å²) in [6.07, 6.45) is 4.62.